The average Bonchev–Trinajstić information content (AvgIpc) is 2.63. The summed E-state index contributed by atoms with van der Waals surface area (Å²) in [6.07, 6.45) is 16.4. The fraction of sp³-hybridized carbons (Fsp3) is 0.571. The van der Waals surface area contributed by atoms with Crippen molar-refractivity contribution in [1.82, 2.24) is 4.90 Å². The second kappa shape index (κ2) is 8.33. The lowest BCUT2D eigenvalue weighted by atomic mass is 9.88. The lowest BCUT2D eigenvalue weighted by molar-refractivity contribution is -0.132. The zero-order valence-corrected chi connectivity index (χ0v) is 14.1. The summed E-state index contributed by atoms with van der Waals surface area (Å²) in [5, 5.41) is 0. The summed E-state index contributed by atoms with van der Waals surface area (Å²) < 4.78 is 0. The summed E-state index contributed by atoms with van der Waals surface area (Å²) in [5.41, 5.74) is 1.10. The van der Waals surface area contributed by atoms with E-state index in [1.165, 1.54) is 64.2 Å². The first kappa shape index (κ1) is 16.3. The second-order valence-corrected chi connectivity index (χ2v) is 7.07. The number of nitrogens with zero attached hydrogens (tertiary/aromatic N) is 1. The van der Waals surface area contributed by atoms with E-state index in [9.17, 15) is 4.79 Å². The van der Waals surface area contributed by atoms with Gasteiger partial charge in [0, 0.05) is 18.2 Å². The van der Waals surface area contributed by atoms with Gasteiger partial charge in [0.1, 0.15) is 0 Å². The van der Waals surface area contributed by atoms with Gasteiger partial charge in [-0.25, -0.2) is 0 Å². The van der Waals surface area contributed by atoms with E-state index in [4.69, 9.17) is 0 Å². The SMILES string of the molecule is O=C(C=Cc1ccccc1)N(C1CCCCC1)C1CCCCC1. The number of hydrogen-bond donors (Lipinski definition) is 0. The van der Waals surface area contributed by atoms with E-state index in [-0.39, 0.29) is 5.91 Å². The lowest BCUT2D eigenvalue weighted by Crippen LogP contribution is -2.48. The van der Waals surface area contributed by atoms with Crippen LogP contribution in [0, 0.1) is 0 Å². The zero-order chi connectivity index (χ0) is 15.9. The van der Waals surface area contributed by atoms with Gasteiger partial charge < -0.3 is 4.90 Å². The van der Waals surface area contributed by atoms with Crippen molar-refractivity contribution in [3.05, 3.63) is 42.0 Å². The van der Waals surface area contributed by atoms with Crippen molar-refractivity contribution >= 4 is 12.0 Å². The molecular weight excluding hydrogens is 282 g/mol. The van der Waals surface area contributed by atoms with Gasteiger partial charge >= 0.3 is 0 Å². The molecule has 0 aromatic heterocycles. The smallest absolute Gasteiger partial charge is 0.247 e. The highest BCUT2D eigenvalue weighted by atomic mass is 16.2. The predicted octanol–water partition coefficient (Wildman–Crippen LogP) is 5.19. The molecule has 0 aliphatic heterocycles. The number of benzene rings is 1. The molecule has 0 spiro atoms. The number of carbonyl (C=O) groups is 1. The van der Waals surface area contributed by atoms with Crippen molar-refractivity contribution in [3.8, 4) is 0 Å². The van der Waals surface area contributed by atoms with Gasteiger partial charge in [0.25, 0.3) is 0 Å². The summed E-state index contributed by atoms with van der Waals surface area (Å²) in [6, 6.07) is 11.1. The van der Waals surface area contributed by atoms with E-state index in [1.54, 1.807) is 6.08 Å². The Balaban J connectivity index is 1.73. The summed E-state index contributed by atoms with van der Waals surface area (Å²) in [4.78, 5) is 15.2. The van der Waals surface area contributed by atoms with Crippen LogP contribution < -0.4 is 0 Å². The highest BCUT2D eigenvalue weighted by Gasteiger charge is 2.31. The van der Waals surface area contributed by atoms with Crippen LogP contribution in [0.15, 0.2) is 36.4 Å². The molecule has 23 heavy (non-hydrogen) atoms. The first-order chi connectivity index (χ1) is 11.3. The van der Waals surface area contributed by atoms with Gasteiger partial charge in [0.15, 0.2) is 0 Å². The van der Waals surface area contributed by atoms with Gasteiger partial charge in [0.2, 0.25) is 5.91 Å². The molecule has 0 radical (unpaired) electrons. The van der Waals surface area contributed by atoms with E-state index in [2.05, 4.69) is 17.0 Å². The van der Waals surface area contributed by atoms with Gasteiger partial charge in [-0.3, -0.25) is 4.79 Å². The highest BCUT2D eigenvalue weighted by Crippen LogP contribution is 2.30. The quantitative estimate of drug-likeness (QED) is 0.700. The summed E-state index contributed by atoms with van der Waals surface area (Å²) in [6.45, 7) is 0. The number of carbonyl (C=O) groups excluding carboxylic acids is 1. The Labute approximate surface area is 140 Å². The molecule has 1 amide bonds. The third-order valence-electron chi connectivity index (χ3n) is 5.41. The molecule has 2 aliphatic carbocycles. The van der Waals surface area contributed by atoms with Crippen LogP contribution >= 0.6 is 0 Å². The van der Waals surface area contributed by atoms with E-state index < -0.39 is 0 Å². The van der Waals surface area contributed by atoms with Crippen LogP contribution in [0.4, 0.5) is 0 Å². The van der Waals surface area contributed by atoms with Gasteiger partial charge in [-0.1, -0.05) is 68.9 Å². The van der Waals surface area contributed by atoms with Gasteiger partial charge in [-0.05, 0) is 37.3 Å². The standard InChI is InChI=1S/C21H29NO/c23-21(17-16-18-10-4-1-5-11-18)22(19-12-6-2-7-13-19)20-14-8-3-9-15-20/h1,4-5,10-11,16-17,19-20H,2-3,6-9,12-15H2. The van der Waals surface area contributed by atoms with E-state index in [0.717, 1.165) is 5.56 Å². The number of hydrogen-bond acceptors (Lipinski definition) is 1. The summed E-state index contributed by atoms with van der Waals surface area (Å²) >= 11 is 0. The highest BCUT2D eigenvalue weighted by molar-refractivity contribution is 5.92. The summed E-state index contributed by atoms with van der Waals surface area (Å²) in [7, 11) is 0. The van der Waals surface area contributed by atoms with Crippen LogP contribution in [0.3, 0.4) is 0 Å². The Kier molecular flexibility index (Phi) is 5.90. The minimum atomic E-state index is 0.229. The Morgan fingerprint density at radius 1 is 0.826 bits per heavy atom. The molecule has 0 heterocycles. The van der Waals surface area contributed by atoms with Gasteiger partial charge in [-0.2, -0.15) is 0 Å². The molecule has 2 aliphatic rings. The molecule has 2 nitrogen and oxygen atoms in total. The zero-order valence-electron chi connectivity index (χ0n) is 14.1. The number of amides is 1. The van der Waals surface area contributed by atoms with Crippen molar-refractivity contribution in [2.75, 3.05) is 0 Å². The average molecular weight is 311 g/mol. The van der Waals surface area contributed by atoms with Crippen LogP contribution in [0.25, 0.3) is 6.08 Å². The van der Waals surface area contributed by atoms with Crippen LogP contribution in [-0.2, 0) is 4.79 Å². The lowest BCUT2D eigenvalue weighted by Gasteiger charge is -2.41. The normalized spacial score (nSPS) is 20.7. The van der Waals surface area contributed by atoms with Gasteiger partial charge in [-0.15, -0.1) is 0 Å². The molecule has 3 rings (SSSR count). The molecular formula is C21H29NO. The molecule has 0 unspecified atom stereocenters. The molecule has 2 saturated carbocycles. The van der Waals surface area contributed by atoms with Gasteiger partial charge in [0.05, 0.1) is 0 Å². The maximum absolute atomic E-state index is 13.0. The summed E-state index contributed by atoms with van der Waals surface area (Å²) in [5.74, 6) is 0.229. The molecule has 2 heteroatoms. The minimum Gasteiger partial charge on any atom is -0.333 e. The van der Waals surface area contributed by atoms with Crippen molar-refractivity contribution < 1.29 is 4.79 Å². The Morgan fingerprint density at radius 2 is 1.35 bits per heavy atom. The fourth-order valence-corrected chi connectivity index (χ4v) is 4.19. The van der Waals surface area contributed by atoms with E-state index >= 15 is 0 Å². The largest absolute Gasteiger partial charge is 0.333 e. The minimum absolute atomic E-state index is 0.229. The monoisotopic (exact) mass is 311 g/mol. The molecule has 0 N–H and O–H groups in total. The predicted molar refractivity (Wildman–Crippen MR) is 96.1 cm³/mol. The molecule has 0 bridgehead atoms. The first-order valence-electron chi connectivity index (χ1n) is 9.40. The molecule has 0 saturated heterocycles. The Bertz CT molecular complexity index is 492. The maximum atomic E-state index is 13.0. The molecule has 1 aromatic rings. The van der Waals surface area contributed by atoms with E-state index in [0.29, 0.717) is 12.1 Å². The topological polar surface area (TPSA) is 20.3 Å². The number of rotatable bonds is 4. The van der Waals surface area contributed by atoms with Crippen molar-refractivity contribution in [1.29, 1.82) is 0 Å². The molecule has 2 fully saturated rings. The molecule has 0 atom stereocenters. The molecule has 1 aromatic carbocycles. The van der Waals surface area contributed by atoms with Crippen LogP contribution in [0.1, 0.15) is 69.8 Å². The van der Waals surface area contributed by atoms with Crippen molar-refractivity contribution in [3.63, 3.8) is 0 Å². The third kappa shape index (κ3) is 4.46. The Hall–Kier alpha value is -1.57. The molecule has 124 valence electrons. The van der Waals surface area contributed by atoms with Crippen LogP contribution in [0.5, 0.6) is 0 Å². The maximum Gasteiger partial charge on any atom is 0.247 e. The fourth-order valence-electron chi connectivity index (χ4n) is 4.19. The Morgan fingerprint density at radius 3 is 1.87 bits per heavy atom. The van der Waals surface area contributed by atoms with E-state index in [1.807, 2.05) is 24.3 Å². The third-order valence-corrected chi connectivity index (χ3v) is 5.41. The van der Waals surface area contributed by atoms with Crippen molar-refractivity contribution in [2.24, 2.45) is 0 Å². The van der Waals surface area contributed by atoms with Crippen molar-refractivity contribution in [2.45, 2.75) is 76.3 Å². The van der Waals surface area contributed by atoms with Crippen LogP contribution in [0.2, 0.25) is 0 Å². The van der Waals surface area contributed by atoms with Crippen LogP contribution in [-0.4, -0.2) is 22.9 Å². The second-order valence-electron chi connectivity index (χ2n) is 7.07. The first-order valence-corrected chi connectivity index (χ1v) is 9.40.